The van der Waals surface area contributed by atoms with Gasteiger partial charge in [0.2, 0.25) is 0 Å². The van der Waals surface area contributed by atoms with E-state index in [4.69, 9.17) is 0 Å². The number of aliphatic hydroxyl groups excluding tert-OH is 1. The lowest BCUT2D eigenvalue weighted by Crippen LogP contribution is -2.67. The Hall–Kier alpha value is -2.78. The zero-order valence-electron chi connectivity index (χ0n) is 22.8. The summed E-state index contributed by atoms with van der Waals surface area (Å²) in [6.45, 7) is 6.46. The summed E-state index contributed by atoms with van der Waals surface area (Å²) in [5.41, 5.74) is 6.08. The minimum absolute atomic E-state index is 0.0139. The summed E-state index contributed by atoms with van der Waals surface area (Å²) in [5, 5.41) is 10.7. The van der Waals surface area contributed by atoms with Crippen molar-refractivity contribution in [3.63, 3.8) is 0 Å². The molecule has 1 fully saturated rings. The normalized spacial score (nSPS) is 24.2. The topological polar surface area (TPSA) is 78.7 Å². The standard InChI is InChI=1S/C31H38N4O3S/c1-22-9-8-10-26(23(22)2)24-12-14-25(15-13-24)31-27-20-33(16-6-7-17-34(27)28(31)21-36)39(37,38)30-19-32-29-11-4-3-5-18-35(29)30/h6-10,12-15,19,27-28,31,36H,3-5,11,16-18,20-21H2,1-2H3/t27-,28?,31-/m0/s1. The molecule has 2 aromatic carbocycles. The van der Waals surface area contributed by atoms with Crippen molar-refractivity contribution in [2.45, 2.75) is 69.1 Å². The monoisotopic (exact) mass is 546 g/mol. The van der Waals surface area contributed by atoms with Crippen LogP contribution in [0.2, 0.25) is 0 Å². The molecule has 7 nitrogen and oxygen atoms in total. The van der Waals surface area contributed by atoms with Crippen molar-refractivity contribution in [1.29, 1.82) is 0 Å². The van der Waals surface area contributed by atoms with E-state index >= 15 is 0 Å². The van der Waals surface area contributed by atoms with E-state index in [1.54, 1.807) is 10.5 Å². The molecule has 0 spiro atoms. The number of imidazole rings is 1. The third kappa shape index (κ3) is 4.67. The zero-order chi connectivity index (χ0) is 27.1. The molecule has 6 rings (SSSR count). The molecule has 1 N–H and O–H groups in total. The fourth-order valence-corrected chi connectivity index (χ4v) is 8.24. The van der Waals surface area contributed by atoms with Crippen LogP contribution in [-0.4, -0.2) is 70.6 Å². The fraction of sp³-hybridized carbons (Fsp3) is 0.452. The summed E-state index contributed by atoms with van der Waals surface area (Å²) in [5.74, 6) is 0.926. The molecule has 0 aliphatic carbocycles. The zero-order valence-corrected chi connectivity index (χ0v) is 23.6. The van der Waals surface area contributed by atoms with Crippen LogP contribution in [0.15, 0.2) is 65.8 Å². The molecule has 0 radical (unpaired) electrons. The Labute approximate surface area is 231 Å². The molecule has 1 aromatic heterocycles. The largest absolute Gasteiger partial charge is 0.395 e. The maximum absolute atomic E-state index is 14.0. The maximum atomic E-state index is 14.0. The van der Waals surface area contributed by atoms with Gasteiger partial charge < -0.3 is 9.67 Å². The van der Waals surface area contributed by atoms with Gasteiger partial charge in [0.25, 0.3) is 10.0 Å². The minimum atomic E-state index is -3.73. The predicted octanol–water partition coefficient (Wildman–Crippen LogP) is 4.28. The molecule has 1 unspecified atom stereocenters. The highest BCUT2D eigenvalue weighted by atomic mass is 32.2. The number of sulfonamides is 1. The van der Waals surface area contributed by atoms with E-state index in [1.807, 2.05) is 16.7 Å². The Morgan fingerprint density at radius 3 is 2.59 bits per heavy atom. The van der Waals surface area contributed by atoms with Crippen molar-refractivity contribution in [3.8, 4) is 11.1 Å². The molecule has 0 bridgehead atoms. The second kappa shape index (κ2) is 10.7. The lowest BCUT2D eigenvalue weighted by molar-refractivity contribution is -0.0415. The van der Waals surface area contributed by atoms with Crippen LogP contribution in [0.25, 0.3) is 11.1 Å². The number of aromatic nitrogens is 2. The number of nitrogens with zero attached hydrogens (tertiary/aromatic N) is 4. The summed E-state index contributed by atoms with van der Waals surface area (Å²) < 4.78 is 31.5. The van der Waals surface area contributed by atoms with Gasteiger partial charge in [0.15, 0.2) is 5.03 Å². The van der Waals surface area contributed by atoms with Gasteiger partial charge in [0, 0.05) is 50.6 Å². The number of hydrogen-bond donors (Lipinski definition) is 1. The molecule has 3 atom stereocenters. The van der Waals surface area contributed by atoms with Gasteiger partial charge in [-0.15, -0.1) is 0 Å². The van der Waals surface area contributed by atoms with Crippen molar-refractivity contribution in [2.24, 2.45) is 0 Å². The first-order valence-electron chi connectivity index (χ1n) is 14.1. The van der Waals surface area contributed by atoms with Crippen LogP contribution >= 0.6 is 0 Å². The van der Waals surface area contributed by atoms with Crippen molar-refractivity contribution in [3.05, 3.63) is 83.3 Å². The third-order valence-electron chi connectivity index (χ3n) is 9.05. The SMILES string of the molecule is Cc1cccc(-c2ccc([C@@H]3C(CO)N4CC=CCN(S(=O)(=O)c5cnc6n5CCCCC6)C[C@@H]34)cc2)c1C. The van der Waals surface area contributed by atoms with Gasteiger partial charge in [0.1, 0.15) is 5.82 Å². The van der Waals surface area contributed by atoms with Crippen LogP contribution in [0.1, 0.15) is 47.7 Å². The van der Waals surface area contributed by atoms with Gasteiger partial charge in [-0.3, -0.25) is 4.90 Å². The first-order chi connectivity index (χ1) is 18.9. The summed E-state index contributed by atoms with van der Waals surface area (Å²) >= 11 is 0. The molecule has 3 aromatic rings. The molecule has 0 amide bonds. The Morgan fingerprint density at radius 2 is 1.79 bits per heavy atom. The van der Waals surface area contributed by atoms with Crippen LogP contribution in [0, 0.1) is 13.8 Å². The number of benzene rings is 2. The summed E-state index contributed by atoms with van der Waals surface area (Å²) in [6, 6.07) is 15.0. The van der Waals surface area contributed by atoms with Crippen molar-refractivity contribution in [1.82, 2.24) is 18.8 Å². The molecule has 3 aliphatic rings. The second-order valence-electron chi connectivity index (χ2n) is 11.2. The van der Waals surface area contributed by atoms with Crippen molar-refractivity contribution in [2.75, 3.05) is 26.2 Å². The fourth-order valence-electron chi connectivity index (χ4n) is 6.68. The molecule has 39 heavy (non-hydrogen) atoms. The van der Waals surface area contributed by atoms with Crippen molar-refractivity contribution >= 4 is 10.0 Å². The van der Waals surface area contributed by atoms with Crippen molar-refractivity contribution < 1.29 is 13.5 Å². The van der Waals surface area contributed by atoms with Gasteiger partial charge >= 0.3 is 0 Å². The molecule has 206 valence electrons. The van der Waals surface area contributed by atoms with Gasteiger partial charge in [-0.25, -0.2) is 13.4 Å². The number of fused-ring (bicyclic) bond motifs is 2. The van der Waals surface area contributed by atoms with Gasteiger partial charge in [0.05, 0.1) is 12.8 Å². The number of aliphatic hydroxyl groups is 1. The first kappa shape index (κ1) is 26.4. The lowest BCUT2D eigenvalue weighted by atomic mass is 9.74. The van der Waals surface area contributed by atoms with E-state index in [2.05, 4.69) is 66.2 Å². The average molecular weight is 547 g/mol. The Bertz CT molecular complexity index is 1480. The van der Waals surface area contributed by atoms with Crippen LogP contribution < -0.4 is 0 Å². The molecular formula is C31H38N4O3S. The molecule has 8 heteroatoms. The van der Waals surface area contributed by atoms with Crippen LogP contribution in [0.4, 0.5) is 0 Å². The van der Waals surface area contributed by atoms with Gasteiger partial charge in [-0.05, 0) is 54.5 Å². The summed E-state index contributed by atoms with van der Waals surface area (Å²) in [7, 11) is -3.73. The molecule has 4 heterocycles. The van der Waals surface area contributed by atoms with E-state index in [0.29, 0.717) is 31.2 Å². The molecule has 0 saturated carbocycles. The number of aryl methyl sites for hydroxylation is 2. The number of rotatable bonds is 5. The smallest absolute Gasteiger partial charge is 0.260 e. The highest BCUT2D eigenvalue weighted by Gasteiger charge is 2.50. The van der Waals surface area contributed by atoms with Gasteiger partial charge in [-0.1, -0.05) is 61.0 Å². The lowest BCUT2D eigenvalue weighted by Gasteiger charge is -2.56. The van der Waals surface area contributed by atoms with E-state index in [-0.39, 0.29) is 24.6 Å². The average Bonchev–Trinajstić information content (AvgIpc) is 3.19. The Kier molecular flexibility index (Phi) is 7.22. The summed E-state index contributed by atoms with van der Waals surface area (Å²) in [6.07, 6.45) is 9.47. The third-order valence-corrected chi connectivity index (χ3v) is 10.9. The quantitative estimate of drug-likeness (QED) is 0.484. The van der Waals surface area contributed by atoms with Crippen LogP contribution in [0.3, 0.4) is 0 Å². The highest BCUT2D eigenvalue weighted by Crippen LogP contribution is 2.42. The first-order valence-corrected chi connectivity index (χ1v) is 15.6. The van der Waals surface area contributed by atoms with E-state index in [0.717, 1.165) is 37.1 Å². The number of hydrogen-bond acceptors (Lipinski definition) is 5. The van der Waals surface area contributed by atoms with E-state index in [9.17, 15) is 13.5 Å². The molecule has 1 saturated heterocycles. The maximum Gasteiger partial charge on any atom is 0.260 e. The minimum Gasteiger partial charge on any atom is -0.395 e. The van der Waals surface area contributed by atoms with Gasteiger partial charge in [-0.2, -0.15) is 4.31 Å². The predicted molar refractivity (Wildman–Crippen MR) is 153 cm³/mol. The molecular weight excluding hydrogens is 508 g/mol. The Balaban J connectivity index is 1.30. The highest BCUT2D eigenvalue weighted by molar-refractivity contribution is 7.89. The molecule has 3 aliphatic heterocycles. The van der Waals surface area contributed by atoms with E-state index in [1.165, 1.54) is 22.3 Å². The Morgan fingerprint density at radius 1 is 1.00 bits per heavy atom. The summed E-state index contributed by atoms with van der Waals surface area (Å²) in [4.78, 5) is 6.74. The van der Waals surface area contributed by atoms with Crippen LogP contribution in [-0.2, 0) is 23.0 Å². The van der Waals surface area contributed by atoms with E-state index < -0.39 is 10.0 Å². The second-order valence-corrected chi connectivity index (χ2v) is 13.1. The van der Waals surface area contributed by atoms with Crippen LogP contribution in [0.5, 0.6) is 0 Å².